The van der Waals surface area contributed by atoms with Gasteiger partial charge in [0.25, 0.3) is 5.56 Å². The Kier molecular flexibility index (Phi) is 7.36. The maximum absolute atomic E-state index is 13.2. The van der Waals surface area contributed by atoms with Crippen molar-refractivity contribution in [3.63, 3.8) is 0 Å². The highest BCUT2D eigenvalue weighted by Gasteiger charge is 2.21. The first-order valence-electron chi connectivity index (χ1n) is 15.4. The van der Waals surface area contributed by atoms with Crippen molar-refractivity contribution < 1.29 is 4.79 Å². The predicted molar refractivity (Wildman–Crippen MR) is 175 cm³/mol. The van der Waals surface area contributed by atoms with E-state index in [2.05, 4.69) is 84.1 Å². The number of amides is 1. The minimum Gasteiger partial charge on any atom is -0.352 e. The topological polar surface area (TPSA) is 102 Å². The van der Waals surface area contributed by atoms with E-state index in [1.165, 1.54) is 44.5 Å². The lowest BCUT2D eigenvalue weighted by Gasteiger charge is -2.17. The van der Waals surface area contributed by atoms with Crippen LogP contribution in [-0.4, -0.2) is 33.9 Å². The van der Waals surface area contributed by atoms with E-state index in [0.717, 1.165) is 30.4 Å². The molecule has 5 aromatic rings. The Morgan fingerprint density at radius 3 is 2.27 bits per heavy atom. The number of hydrogen-bond donors (Lipinski definition) is 3. The second-order valence-electron chi connectivity index (χ2n) is 12.3. The second-order valence-corrected chi connectivity index (χ2v) is 12.3. The lowest BCUT2D eigenvalue weighted by molar-refractivity contribution is -0.119. The number of nitrogens with one attached hydrogen (secondary N) is 2. The lowest BCUT2D eigenvalue weighted by Crippen LogP contribution is -2.36. The van der Waals surface area contributed by atoms with E-state index in [0.29, 0.717) is 30.7 Å². The van der Waals surface area contributed by atoms with Crippen molar-refractivity contribution in [1.29, 1.82) is 0 Å². The number of carbonyl (C=O) groups excluding carboxylic acids is 1. The standard InChI is InChI=1S/C37H37N5O2/c1-22-31(25-10-9-24-16-29(38)17-27(24)15-25)5-3-7-33(22)34-8-4-6-32(23(34)2)26-13-14-42-35(18-26)40-20-28(37(42)44)19-39-21-30-11-12-36(43)41-30/h3-10,13-15,18,20,29-30,39H,11-12,16-17,19,21,38H2,1-2H3,(H,41,43). The molecular weight excluding hydrogens is 546 g/mol. The van der Waals surface area contributed by atoms with E-state index < -0.39 is 0 Å². The van der Waals surface area contributed by atoms with Crippen LogP contribution < -0.4 is 21.9 Å². The fourth-order valence-electron chi connectivity index (χ4n) is 6.91. The summed E-state index contributed by atoms with van der Waals surface area (Å²) in [7, 11) is 0. The summed E-state index contributed by atoms with van der Waals surface area (Å²) in [5.41, 5.74) is 19.5. The fourth-order valence-corrected chi connectivity index (χ4v) is 6.91. The molecule has 2 aromatic heterocycles. The number of nitrogens with two attached hydrogens (primary N) is 1. The molecule has 1 saturated heterocycles. The van der Waals surface area contributed by atoms with Gasteiger partial charge in [-0.25, -0.2) is 4.98 Å². The summed E-state index contributed by atoms with van der Waals surface area (Å²) in [6.45, 7) is 5.41. The highest BCUT2D eigenvalue weighted by Crippen LogP contribution is 2.38. The molecule has 1 amide bonds. The van der Waals surface area contributed by atoms with Crippen LogP contribution in [0.4, 0.5) is 0 Å². The third kappa shape index (κ3) is 5.23. The SMILES string of the molecule is Cc1c(-c2ccc3c(c2)CC(N)C3)cccc1-c1cccc(-c2ccn3c(=O)c(CNCC4CCC(=O)N4)cnc3c2)c1C. The van der Waals surface area contributed by atoms with Gasteiger partial charge in [-0.3, -0.25) is 14.0 Å². The van der Waals surface area contributed by atoms with Crippen LogP contribution in [0.15, 0.2) is 83.9 Å². The molecule has 1 aliphatic heterocycles. The maximum Gasteiger partial charge on any atom is 0.262 e. The summed E-state index contributed by atoms with van der Waals surface area (Å²) in [6, 6.07) is 24.1. The van der Waals surface area contributed by atoms with Crippen molar-refractivity contribution in [2.75, 3.05) is 6.54 Å². The second kappa shape index (κ2) is 11.5. The van der Waals surface area contributed by atoms with Gasteiger partial charge in [0.15, 0.2) is 0 Å². The molecule has 7 heteroatoms. The van der Waals surface area contributed by atoms with Gasteiger partial charge in [-0.2, -0.15) is 0 Å². The van der Waals surface area contributed by atoms with Gasteiger partial charge < -0.3 is 16.4 Å². The summed E-state index contributed by atoms with van der Waals surface area (Å²) in [4.78, 5) is 29.3. The summed E-state index contributed by atoms with van der Waals surface area (Å²) in [6.07, 6.45) is 6.76. The van der Waals surface area contributed by atoms with Crippen LogP contribution >= 0.6 is 0 Å². The van der Waals surface area contributed by atoms with Crippen molar-refractivity contribution in [2.45, 2.75) is 58.2 Å². The fraction of sp³-hybridized carbons (Fsp3) is 0.270. The number of carbonyl (C=O) groups is 1. The van der Waals surface area contributed by atoms with E-state index in [-0.39, 0.29) is 23.6 Å². The van der Waals surface area contributed by atoms with E-state index in [1.807, 2.05) is 18.3 Å². The van der Waals surface area contributed by atoms with Gasteiger partial charge in [0.05, 0.1) is 0 Å². The van der Waals surface area contributed by atoms with Crippen LogP contribution in [0.1, 0.15) is 40.7 Å². The molecule has 0 spiro atoms. The predicted octanol–water partition coefficient (Wildman–Crippen LogP) is 5.11. The Morgan fingerprint density at radius 1 is 0.886 bits per heavy atom. The Bertz CT molecular complexity index is 1980. The Labute approximate surface area is 257 Å². The van der Waals surface area contributed by atoms with E-state index >= 15 is 0 Å². The van der Waals surface area contributed by atoms with Gasteiger partial charge in [0, 0.05) is 49.6 Å². The smallest absolute Gasteiger partial charge is 0.262 e. The quantitative estimate of drug-likeness (QED) is 0.247. The van der Waals surface area contributed by atoms with Gasteiger partial charge in [-0.1, -0.05) is 54.6 Å². The van der Waals surface area contributed by atoms with Gasteiger partial charge in [-0.15, -0.1) is 0 Å². The third-order valence-corrected chi connectivity index (χ3v) is 9.32. The van der Waals surface area contributed by atoms with Crippen molar-refractivity contribution in [2.24, 2.45) is 5.73 Å². The lowest BCUT2D eigenvalue weighted by atomic mass is 9.88. The highest BCUT2D eigenvalue weighted by molar-refractivity contribution is 5.84. The monoisotopic (exact) mass is 583 g/mol. The Balaban J connectivity index is 1.17. The number of fused-ring (bicyclic) bond motifs is 2. The summed E-state index contributed by atoms with van der Waals surface area (Å²) >= 11 is 0. The van der Waals surface area contributed by atoms with E-state index in [4.69, 9.17) is 5.73 Å². The van der Waals surface area contributed by atoms with Crippen molar-refractivity contribution in [1.82, 2.24) is 20.0 Å². The minimum absolute atomic E-state index is 0.0871. The number of nitrogens with zero attached hydrogens (tertiary/aromatic N) is 2. The summed E-state index contributed by atoms with van der Waals surface area (Å²) < 4.78 is 1.61. The molecular formula is C37H37N5O2. The molecule has 44 heavy (non-hydrogen) atoms. The van der Waals surface area contributed by atoms with Crippen LogP contribution in [0.2, 0.25) is 0 Å². The van der Waals surface area contributed by atoms with E-state index in [1.54, 1.807) is 10.6 Å². The zero-order chi connectivity index (χ0) is 30.4. The van der Waals surface area contributed by atoms with E-state index in [9.17, 15) is 9.59 Å². The Hall–Kier alpha value is -4.59. The molecule has 7 rings (SSSR count). The number of hydrogen-bond acceptors (Lipinski definition) is 5. The molecule has 0 saturated carbocycles. The molecule has 0 radical (unpaired) electrons. The molecule has 2 aliphatic rings. The average Bonchev–Trinajstić information content (AvgIpc) is 3.62. The molecule has 2 atom stereocenters. The number of aromatic nitrogens is 2. The molecule has 3 heterocycles. The summed E-state index contributed by atoms with van der Waals surface area (Å²) in [5.74, 6) is 0.0882. The molecule has 4 N–H and O–H groups in total. The largest absolute Gasteiger partial charge is 0.352 e. The maximum atomic E-state index is 13.2. The molecule has 3 aromatic carbocycles. The zero-order valence-corrected chi connectivity index (χ0v) is 25.2. The zero-order valence-electron chi connectivity index (χ0n) is 25.2. The first-order valence-corrected chi connectivity index (χ1v) is 15.4. The minimum atomic E-state index is -0.0871. The molecule has 7 nitrogen and oxygen atoms in total. The third-order valence-electron chi connectivity index (χ3n) is 9.32. The van der Waals surface area contributed by atoms with Crippen LogP contribution in [0, 0.1) is 13.8 Å². The molecule has 0 bridgehead atoms. The van der Waals surface area contributed by atoms with Crippen molar-refractivity contribution >= 4 is 11.6 Å². The average molecular weight is 584 g/mol. The molecule has 1 fully saturated rings. The molecule has 222 valence electrons. The van der Waals surface area contributed by atoms with Crippen LogP contribution in [0.3, 0.4) is 0 Å². The van der Waals surface area contributed by atoms with Crippen molar-refractivity contribution in [3.05, 3.63) is 117 Å². The first-order chi connectivity index (χ1) is 21.4. The molecule has 2 unspecified atom stereocenters. The van der Waals surface area contributed by atoms with Crippen molar-refractivity contribution in [3.8, 4) is 33.4 Å². The normalized spacial score (nSPS) is 17.7. The number of benzene rings is 3. The van der Waals surface area contributed by atoms with Crippen LogP contribution in [-0.2, 0) is 24.2 Å². The molecule has 1 aliphatic carbocycles. The first kappa shape index (κ1) is 28.2. The Morgan fingerprint density at radius 2 is 1.57 bits per heavy atom. The van der Waals surface area contributed by atoms with Gasteiger partial charge in [-0.05, 0) is 101 Å². The highest BCUT2D eigenvalue weighted by atomic mass is 16.2. The van der Waals surface area contributed by atoms with Crippen LogP contribution in [0.25, 0.3) is 39.0 Å². The number of pyridine rings is 1. The van der Waals surface area contributed by atoms with Crippen LogP contribution in [0.5, 0.6) is 0 Å². The van der Waals surface area contributed by atoms with Gasteiger partial charge in [0.2, 0.25) is 5.91 Å². The summed E-state index contributed by atoms with van der Waals surface area (Å²) in [5, 5.41) is 6.24. The van der Waals surface area contributed by atoms with Gasteiger partial charge >= 0.3 is 0 Å². The number of rotatable bonds is 7. The van der Waals surface area contributed by atoms with Gasteiger partial charge in [0.1, 0.15) is 5.65 Å².